The standard InChI is InChI=1S/C23H25N5O3.C2HF3O2/c1-16-8-9-18(22(29)26-31-2)14-20(16)28-13-11-25-21(23(28)30)27-12-10-24-19(15-27)17-6-4-3-5-7-17;3-2(4,5)1(6)7/h3-9,11,13-14,19,24H,10,12,15H2,1-2H3,(H,26,29);(H,6,7). The highest BCUT2D eigenvalue weighted by atomic mass is 19.4. The van der Waals surface area contributed by atoms with Gasteiger partial charge in [0, 0.05) is 43.6 Å². The molecule has 202 valence electrons. The first-order valence-corrected chi connectivity index (χ1v) is 11.4. The van der Waals surface area contributed by atoms with Crippen molar-refractivity contribution in [3.63, 3.8) is 0 Å². The molecule has 1 aliphatic rings. The van der Waals surface area contributed by atoms with Gasteiger partial charge in [-0.15, -0.1) is 0 Å². The number of carboxylic acid groups (broad SMARTS) is 1. The molecule has 0 saturated carbocycles. The summed E-state index contributed by atoms with van der Waals surface area (Å²) in [5.74, 6) is -2.73. The fraction of sp³-hybridized carbons (Fsp3) is 0.280. The second-order valence-corrected chi connectivity index (χ2v) is 8.23. The van der Waals surface area contributed by atoms with Gasteiger partial charge in [0.1, 0.15) is 0 Å². The van der Waals surface area contributed by atoms with Crippen LogP contribution < -0.4 is 21.3 Å². The number of benzene rings is 2. The highest BCUT2D eigenvalue weighted by molar-refractivity contribution is 5.94. The monoisotopic (exact) mass is 533 g/mol. The maximum Gasteiger partial charge on any atom is 0.490 e. The molecular weight excluding hydrogens is 507 g/mol. The van der Waals surface area contributed by atoms with E-state index >= 15 is 0 Å². The van der Waals surface area contributed by atoms with Crippen molar-refractivity contribution in [3.05, 3.63) is 88.0 Å². The Kier molecular flexibility index (Phi) is 9.20. The van der Waals surface area contributed by atoms with Gasteiger partial charge < -0.3 is 15.3 Å². The maximum absolute atomic E-state index is 13.4. The van der Waals surface area contributed by atoms with Crippen LogP contribution in [-0.4, -0.2) is 59.5 Å². The van der Waals surface area contributed by atoms with Crippen LogP contribution in [0.2, 0.25) is 0 Å². The molecule has 10 nitrogen and oxygen atoms in total. The zero-order chi connectivity index (χ0) is 27.9. The first-order chi connectivity index (χ1) is 18.0. The number of hydroxylamine groups is 1. The Labute approximate surface area is 215 Å². The summed E-state index contributed by atoms with van der Waals surface area (Å²) in [5.41, 5.74) is 5.17. The summed E-state index contributed by atoms with van der Waals surface area (Å²) in [4.78, 5) is 45.6. The van der Waals surface area contributed by atoms with Gasteiger partial charge in [-0.05, 0) is 30.2 Å². The Hall–Kier alpha value is -4.23. The lowest BCUT2D eigenvalue weighted by Crippen LogP contribution is -2.48. The Balaban J connectivity index is 0.000000505. The molecule has 2 aromatic carbocycles. The Bertz CT molecular complexity index is 1330. The summed E-state index contributed by atoms with van der Waals surface area (Å²) in [6, 6.07) is 15.5. The third-order valence-corrected chi connectivity index (χ3v) is 5.67. The van der Waals surface area contributed by atoms with Gasteiger partial charge in [-0.25, -0.2) is 15.3 Å². The van der Waals surface area contributed by atoms with Crippen LogP contribution in [0.5, 0.6) is 0 Å². The van der Waals surface area contributed by atoms with E-state index in [1.54, 1.807) is 29.1 Å². The predicted molar refractivity (Wildman–Crippen MR) is 132 cm³/mol. The summed E-state index contributed by atoms with van der Waals surface area (Å²) in [6.07, 6.45) is -1.83. The molecule has 1 amide bonds. The van der Waals surface area contributed by atoms with Crippen LogP contribution in [0.3, 0.4) is 0 Å². The zero-order valence-corrected chi connectivity index (χ0v) is 20.5. The van der Waals surface area contributed by atoms with E-state index in [1.165, 1.54) is 12.7 Å². The first kappa shape index (κ1) is 28.3. The minimum absolute atomic E-state index is 0.118. The number of rotatable bonds is 5. The van der Waals surface area contributed by atoms with Crippen molar-refractivity contribution in [2.24, 2.45) is 0 Å². The minimum atomic E-state index is -5.08. The van der Waals surface area contributed by atoms with E-state index in [9.17, 15) is 22.8 Å². The van der Waals surface area contributed by atoms with Crippen molar-refractivity contribution in [1.29, 1.82) is 0 Å². The fourth-order valence-corrected chi connectivity index (χ4v) is 3.82. The van der Waals surface area contributed by atoms with Crippen LogP contribution in [0.4, 0.5) is 19.0 Å². The molecule has 0 radical (unpaired) electrons. The topological polar surface area (TPSA) is 126 Å². The summed E-state index contributed by atoms with van der Waals surface area (Å²) < 4.78 is 33.3. The van der Waals surface area contributed by atoms with Crippen LogP contribution in [0, 0.1) is 6.92 Å². The number of aliphatic carboxylic acids is 1. The lowest BCUT2D eigenvalue weighted by Gasteiger charge is -2.34. The van der Waals surface area contributed by atoms with E-state index < -0.39 is 12.1 Å². The quantitative estimate of drug-likeness (QED) is 0.428. The number of piperazine rings is 1. The van der Waals surface area contributed by atoms with Gasteiger partial charge in [-0.1, -0.05) is 36.4 Å². The maximum atomic E-state index is 13.4. The van der Waals surface area contributed by atoms with Gasteiger partial charge in [-0.3, -0.25) is 19.0 Å². The second-order valence-electron chi connectivity index (χ2n) is 8.23. The van der Waals surface area contributed by atoms with E-state index in [2.05, 4.69) is 27.9 Å². The number of amides is 1. The largest absolute Gasteiger partial charge is 0.490 e. The number of alkyl halides is 3. The Morgan fingerprint density at radius 2 is 1.87 bits per heavy atom. The number of carbonyl (C=O) groups is 2. The molecule has 0 spiro atoms. The van der Waals surface area contributed by atoms with E-state index in [0.29, 0.717) is 30.2 Å². The van der Waals surface area contributed by atoms with Crippen LogP contribution in [-0.2, 0) is 9.63 Å². The third kappa shape index (κ3) is 6.95. The molecule has 1 fully saturated rings. The number of hydrogen-bond acceptors (Lipinski definition) is 7. The molecule has 1 unspecified atom stereocenters. The van der Waals surface area contributed by atoms with Crippen LogP contribution in [0.25, 0.3) is 5.69 Å². The van der Waals surface area contributed by atoms with Crippen LogP contribution in [0.1, 0.15) is 27.5 Å². The molecule has 2 heterocycles. The lowest BCUT2D eigenvalue weighted by atomic mass is 10.0. The molecule has 1 aliphatic heterocycles. The molecule has 13 heteroatoms. The zero-order valence-electron chi connectivity index (χ0n) is 20.5. The number of aromatic nitrogens is 2. The van der Waals surface area contributed by atoms with E-state index in [-0.39, 0.29) is 17.5 Å². The highest BCUT2D eigenvalue weighted by Gasteiger charge is 2.38. The van der Waals surface area contributed by atoms with Gasteiger partial charge in [0.25, 0.3) is 11.5 Å². The van der Waals surface area contributed by atoms with Gasteiger partial charge in [0.2, 0.25) is 0 Å². The predicted octanol–water partition coefficient (Wildman–Crippen LogP) is 2.62. The number of nitrogens with zero attached hydrogens (tertiary/aromatic N) is 3. The number of hydrogen-bond donors (Lipinski definition) is 3. The van der Waals surface area contributed by atoms with Gasteiger partial charge in [0.15, 0.2) is 5.82 Å². The molecular formula is C25H26F3N5O5. The van der Waals surface area contributed by atoms with E-state index in [0.717, 1.165) is 12.1 Å². The van der Waals surface area contributed by atoms with E-state index in [1.807, 2.05) is 36.1 Å². The molecule has 0 bridgehead atoms. The number of halogens is 3. The smallest absolute Gasteiger partial charge is 0.475 e. The van der Waals surface area contributed by atoms with Crippen molar-refractivity contribution in [2.75, 3.05) is 31.6 Å². The molecule has 3 N–H and O–H groups in total. The van der Waals surface area contributed by atoms with Crippen LogP contribution >= 0.6 is 0 Å². The van der Waals surface area contributed by atoms with Crippen molar-refractivity contribution in [1.82, 2.24) is 20.3 Å². The molecule has 4 rings (SSSR count). The summed E-state index contributed by atoms with van der Waals surface area (Å²) in [7, 11) is 1.38. The third-order valence-electron chi connectivity index (χ3n) is 5.67. The van der Waals surface area contributed by atoms with Crippen molar-refractivity contribution in [3.8, 4) is 5.69 Å². The summed E-state index contributed by atoms with van der Waals surface area (Å²) >= 11 is 0. The SMILES string of the molecule is CONC(=O)c1ccc(C)c(-n2ccnc(N3CCNC(c4ccccc4)C3)c2=O)c1.O=C(O)C(F)(F)F. The lowest BCUT2D eigenvalue weighted by molar-refractivity contribution is -0.192. The van der Waals surface area contributed by atoms with Crippen molar-refractivity contribution >= 4 is 17.7 Å². The average molecular weight is 534 g/mol. The number of aryl methyl sites for hydroxylation is 1. The van der Waals surface area contributed by atoms with Crippen LogP contribution in [0.15, 0.2) is 65.7 Å². The van der Waals surface area contributed by atoms with Gasteiger partial charge in [0.05, 0.1) is 12.8 Å². The normalized spacial score (nSPS) is 15.3. The first-order valence-electron chi connectivity index (χ1n) is 11.4. The molecule has 38 heavy (non-hydrogen) atoms. The number of carboxylic acids is 1. The van der Waals surface area contributed by atoms with E-state index in [4.69, 9.17) is 14.7 Å². The average Bonchev–Trinajstić information content (AvgIpc) is 2.90. The van der Waals surface area contributed by atoms with Gasteiger partial charge in [-0.2, -0.15) is 13.2 Å². The Morgan fingerprint density at radius 1 is 1.18 bits per heavy atom. The van der Waals surface area contributed by atoms with Gasteiger partial charge >= 0.3 is 12.1 Å². The Morgan fingerprint density at radius 3 is 2.50 bits per heavy atom. The minimum Gasteiger partial charge on any atom is -0.475 e. The molecule has 1 atom stereocenters. The second kappa shape index (κ2) is 12.3. The number of nitrogens with one attached hydrogen (secondary N) is 2. The molecule has 1 aromatic heterocycles. The molecule has 1 saturated heterocycles. The number of anilines is 1. The fourth-order valence-electron chi connectivity index (χ4n) is 3.82. The highest BCUT2D eigenvalue weighted by Crippen LogP contribution is 2.20. The molecule has 0 aliphatic carbocycles. The molecule has 3 aromatic rings. The van der Waals surface area contributed by atoms with Crippen molar-refractivity contribution < 1.29 is 32.7 Å². The summed E-state index contributed by atoms with van der Waals surface area (Å²) in [6.45, 7) is 3.98. The number of carbonyl (C=O) groups excluding carboxylic acids is 1. The summed E-state index contributed by atoms with van der Waals surface area (Å²) in [5, 5.41) is 10.6. The van der Waals surface area contributed by atoms with Crippen molar-refractivity contribution in [2.45, 2.75) is 19.1 Å².